The van der Waals surface area contributed by atoms with Crippen LogP contribution in [0.5, 0.6) is 5.75 Å². The maximum Gasteiger partial charge on any atom is 0.148 e. The van der Waals surface area contributed by atoms with Crippen molar-refractivity contribution in [2.75, 3.05) is 6.61 Å². The van der Waals surface area contributed by atoms with Gasteiger partial charge in [0.15, 0.2) is 0 Å². The first kappa shape index (κ1) is 13.6. The fraction of sp³-hybridized carbons (Fsp3) is 0.267. The molecule has 0 fully saturated rings. The Hall–Kier alpha value is -1.83. The molecule has 0 radical (unpaired) electrons. The standard InChI is InChI=1S/C15H16N2OS/c1-3-9-18-14-7-5-4-6-13(14)11-17-12(2)15-16-8-10-19-15/h1,4-8,10,12,17H,9,11H2,2H3. The number of aromatic nitrogens is 1. The molecule has 4 heteroatoms. The predicted octanol–water partition coefficient (Wildman–Crippen LogP) is 3.01. The minimum absolute atomic E-state index is 0.223. The molecular formula is C15H16N2OS. The summed E-state index contributed by atoms with van der Waals surface area (Å²) < 4.78 is 5.52. The fourth-order valence-corrected chi connectivity index (χ4v) is 2.38. The number of ether oxygens (including phenoxy) is 1. The quantitative estimate of drug-likeness (QED) is 0.821. The third-order valence-corrected chi connectivity index (χ3v) is 3.66. The van der Waals surface area contributed by atoms with Gasteiger partial charge in [-0.3, -0.25) is 0 Å². The normalized spacial score (nSPS) is 11.8. The second-order valence-electron chi connectivity index (χ2n) is 4.07. The van der Waals surface area contributed by atoms with E-state index in [1.165, 1.54) is 0 Å². The molecule has 3 nitrogen and oxygen atoms in total. The average Bonchev–Trinajstić information content (AvgIpc) is 2.97. The van der Waals surface area contributed by atoms with Crippen molar-refractivity contribution in [3.63, 3.8) is 0 Å². The van der Waals surface area contributed by atoms with Gasteiger partial charge in [-0.05, 0) is 13.0 Å². The van der Waals surface area contributed by atoms with Crippen LogP contribution in [-0.4, -0.2) is 11.6 Å². The van der Waals surface area contributed by atoms with E-state index in [1.54, 1.807) is 11.3 Å². The highest BCUT2D eigenvalue weighted by atomic mass is 32.1. The van der Waals surface area contributed by atoms with Crippen LogP contribution in [0.3, 0.4) is 0 Å². The molecule has 0 aliphatic rings. The van der Waals surface area contributed by atoms with Gasteiger partial charge in [0.1, 0.15) is 17.4 Å². The Bertz CT molecular complexity index is 546. The topological polar surface area (TPSA) is 34.1 Å². The molecule has 0 aliphatic heterocycles. The first-order valence-corrected chi connectivity index (χ1v) is 6.96. The van der Waals surface area contributed by atoms with Crippen LogP contribution >= 0.6 is 11.3 Å². The number of para-hydroxylation sites is 1. The summed E-state index contributed by atoms with van der Waals surface area (Å²) in [5.74, 6) is 3.31. The van der Waals surface area contributed by atoms with E-state index in [4.69, 9.17) is 11.2 Å². The van der Waals surface area contributed by atoms with Crippen LogP contribution in [0.2, 0.25) is 0 Å². The number of nitrogens with one attached hydrogen (secondary N) is 1. The number of hydrogen-bond acceptors (Lipinski definition) is 4. The molecule has 0 aliphatic carbocycles. The summed E-state index contributed by atoms with van der Waals surface area (Å²) >= 11 is 1.65. The van der Waals surface area contributed by atoms with Gasteiger partial charge < -0.3 is 10.1 Å². The second kappa shape index (κ2) is 6.93. The lowest BCUT2D eigenvalue weighted by Gasteiger charge is -2.14. The summed E-state index contributed by atoms with van der Waals surface area (Å²) in [7, 11) is 0. The van der Waals surface area contributed by atoms with Gasteiger partial charge in [-0.1, -0.05) is 24.1 Å². The van der Waals surface area contributed by atoms with E-state index >= 15 is 0 Å². The zero-order valence-corrected chi connectivity index (χ0v) is 11.6. The Kier molecular flexibility index (Phi) is 4.96. The third kappa shape index (κ3) is 3.82. The largest absolute Gasteiger partial charge is 0.481 e. The highest BCUT2D eigenvalue weighted by Gasteiger charge is 2.09. The van der Waals surface area contributed by atoms with Crippen molar-refractivity contribution in [3.8, 4) is 18.1 Å². The molecule has 1 aromatic carbocycles. The third-order valence-electron chi connectivity index (χ3n) is 2.70. The summed E-state index contributed by atoms with van der Waals surface area (Å²) in [6, 6.07) is 8.13. The van der Waals surface area contributed by atoms with Crippen LogP contribution in [-0.2, 0) is 6.54 Å². The van der Waals surface area contributed by atoms with Gasteiger partial charge in [0.2, 0.25) is 0 Å². The number of terminal acetylenes is 1. The highest BCUT2D eigenvalue weighted by Crippen LogP contribution is 2.20. The van der Waals surface area contributed by atoms with E-state index in [0.29, 0.717) is 6.61 Å². The van der Waals surface area contributed by atoms with Crippen LogP contribution in [0.25, 0.3) is 0 Å². The van der Waals surface area contributed by atoms with E-state index in [-0.39, 0.29) is 6.04 Å². The van der Waals surface area contributed by atoms with Crippen LogP contribution in [0.4, 0.5) is 0 Å². The maximum absolute atomic E-state index is 5.52. The first-order chi connectivity index (χ1) is 9.31. The number of nitrogens with zero attached hydrogens (tertiary/aromatic N) is 1. The van der Waals surface area contributed by atoms with Crippen molar-refractivity contribution in [2.24, 2.45) is 0 Å². The van der Waals surface area contributed by atoms with Gasteiger partial charge >= 0.3 is 0 Å². The van der Waals surface area contributed by atoms with E-state index in [9.17, 15) is 0 Å². The molecule has 1 unspecified atom stereocenters. The molecular weight excluding hydrogens is 256 g/mol. The lowest BCUT2D eigenvalue weighted by Crippen LogP contribution is -2.18. The Morgan fingerprint density at radius 3 is 3.05 bits per heavy atom. The lowest BCUT2D eigenvalue weighted by molar-refractivity contribution is 0.364. The highest BCUT2D eigenvalue weighted by molar-refractivity contribution is 7.09. The Balaban J connectivity index is 1.97. The van der Waals surface area contributed by atoms with Gasteiger partial charge in [-0.25, -0.2) is 4.98 Å². The minimum atomic E-state index is 0.223. The molecule has 1 heterocycles. The number of benzene rings is 1. The molecule has 1 aromatic heterocycles. The molecule has 2 aromatic rings. The summed E-state index contributed by atoms with van der Waals surface area (Å²) in [4.78, 5) is 4.30. The molecule has 2 rings (SSSR count). The molecule has 0 saturated carbocycles. The Labute approximate surface area is 117 Å². The molecule has 0 spiro atoms. The van der Waals surface area contributed by atoms with E-state index in [1.807, 2.05) is 35.8 Å². The SMILES string of the molecule is C#CCOc1ccccc1CNC(C)c1nccs1. The fourth-order valence-electron chi connectivity index (χ4n) is 1.71. The van der Waals surface area contributed by atoms with E-state index in [2.05, 4.69) is 23.1 Å². The summed E-state index contributed by atoms with van der Waals surface area (Å²) in [6.45, 7) is 3.12. The Morgan fingerprint density at radius 1 is 1.47 bits per heavy atom. The summed E-state index contributed by atoms with van der Waals surface area (Å²) in [6.07, 6.45) is 7.04. The number of rotatable bonds is 6. The van der Waals surface area contributed by atoms with Crippen LogP contribution < -0.4 is 10.1 Å². The molecule has 1 N–H and O–H groups in total. The summed E-state index contributed by atoms with van der Waals surface area (Å²) in [5.41, 5.74) is 1.10. The van der Waals surface area contributed by atoms with Gasteiger partial charge in [-0.2, -0.15) is 0 Å². The predicted molar refractivity (Wildman–Crippen MR) is 78.1 cm³/mol. The smallest absolute Gasteiger partial charge is 0.148 e. The number of thiazole rings is 1. The lowest BCUT2D eigenvalue weighted by atomic mass is 10.2. The van der Waals surface area contributed by atoms with Crippen molar-refractivity contribution in [3.05, 3.63) is 46.4 Å². The van der Waals surface area contributed by atoms with Crippen LogP contribution in [0.15, 0.2) is 35.8 Å². The van der Waals surface area contributed by atoms with Crippen molar-refractivity contribution in [1.29, 1.82) is 0 Å². The van der Waals surface area contributed by atoms with Crippen LogP contribution in [0.1, 0.15) is 23.5 Å². The van der Waals surface area contributed by atoms with Gasteiger partial charge in [0, 0.05) is 23.7 Å². The molecule has 98 valence electrons. The van der Waals surface area contributed by atoms with Gasteiger partial charge in [0.05, 0.1) is 6.04 Å². The maximum atomic E-state index is 5.52. The van der Waals surface area contributed by atoms with E-state index < -0.39 is 0 Å². The van der Waals surface area contributed by atoms with Crippen molar-refractivity contribution < 1.29 is 4.74 Å². The average molecular weight is 272 g/mol. The first-order valence-electron chi connectivity index (χ1n) is 6.08. The van der Waals surface area contributed by atoms with Gasteiger partial charge in [0.25, 0.3) is 0 Å². The molecule has 19 heavy (non-hydrogen) atoms. The second-order valence-corrected chi connectivity index (χ2v) is 5.00. The van der Waals surface area contributed by atoms with E-state index in [0.717, 1.165) is 22.9 Å². The minimum Gasteiger partial charge on any atom is -0.481 e. The van der Waals surface area contributed by atoms with Crippen molar-refractivity contribution >= 4 is 11.3 Å². The van der Waals surface area contributed by atoms with Crippen LogP contribution in [0, 0.1) is 12.3 Å². The number of hydrogen-bond donors (Lipinski definition) is 1. The molecule has 0 bridgehead atoms. The Morgan fingerprint density at radius 2 is 2.32 bits per heavy atom. The zero-order chi connectivity index (χ0) is 13.5. The monoisotopic (exact) mass is 272 g/mol. The summed E-state index contributed by atoms with van der Waals surface area (Å²) in [5, 5.41) is 6.50. The van der Waals surface area contributed by atoms with Gasteiger partial charge in [-0.15, -0.1) is 17.8 Å². The van der Waals surface area contributed by atoms with Crippen molar-refractivity contribution in [1.82, 2.24) is 10.3 Å². The molecule has 0 amide bonds. The zero-order valence-electron chi connectivity index (χ0n) is 10.8. The molecule has 1 atom stereocenters. The van der Waals surface area contributed by atoms with Crippen molar-refractivity contribution in [2.45, 2.75) is 19.5 Å². The molecule has 0 saturated heterocycles.